The van der Waals surface area contributed by atoms with Crippen LogP contribution in [0.1, 0.15) is 86.0 Å². The van der Waals surface area contributed by atoms with E-state index < -0.39 is 0 Å². The van der Waals surface area contributed by atoms with Crippen LogP contribution in [0.2, 0.25) is 0 Å². The molecule has 0 aromatic rings. The summed E-state index contributed by atoms with van der Waals surface area (Å²) in [5.74, 6) is -0.0924. The van der Waals surface area contributed by atoms with E-state index in [9.17, 15) is 4.79 Å². The Labute approximate surface area is 171 Å². The molecule has 160 valence electrons. The van der Waals surface area contributed by atoms with E-state index in [2.05, 4.69) is 30.6 Å². The number of esters is 1. The van der Waals surface area contributed by atoms with Gasteiger partial charge in [-0.2, -0.15) is 0 Å². The van der Waals surface area contributed by atoms with Gasteiger partial charge in [-0.25, -0.2) is 0 Å². The highest BCUT2D eigenvalue weighted by atomic mass is 28.1. The van der Waals surface area contributed by atoms with Crippen molar-refractivity contribution in [2.75, 3.05) is 32.8 Å². The normalized spacial score (nSPS) is 25.6. The highest BCUT2D eigenvalue weighted by molar-refractivity contribution is 6.15. The average molecular weight is 399 g/mol. The van der Waals surface area contributed by atoms with Gasteiger partial charge in [0.05, 0.1) is 12.5 Å². The second-order valence-electron chi connectivity index (χ2n) is 8.94. The summed E-state index contributed by atoms with van der Waals surface area (Å²) in [6.07, 6.45) is 11.1. The zero-order valence-electron chi connectivity index (χ0n) is 19.1. The number of unbranched alkanes of at least 4 members (excludes halogenated alkanes) is 7. The molecule has 0 aliphatic carbocycles. The van der Waals surface area contributed by atoms with Gasteiger partial charge < -0.3 is 4.74 Å². The van der Waals surface area contributed by atoms with E-state index in [0.29, 0.717) is 12.6 Å². The summed E-state index contributed by atoms with van der Waals surface area (Å²) in [6, 6.07) is 0.504. The molecule has 0 bridgehead atoms. The molecule has 4 nitrogen and oxygen atoms in total. The number of piperazine rings is 1. The molecule has 1 rings (SSSR count). The van der Waals surface area contributed by atoms with Crippen LogP contribution in [-0.4, -0.2) is 70.0 Å². The number of hydrogen-bond acceptors (Lipinski definition) is 4. The van der Waals surface area contributed by atoms with Gasteiger partial charge in [0.1, 0.15) is 0 Å². The largest absolute Gasteiger partial charge is 0.466 e. The van der Waals surface area contributed by atoms with Gasteiger partial charge in [0, 0.05) is 41.1 Å². The molecule has 0 amide bonds. The molecule has 5 heteroatoms. The van der Waals surface area contributed by atoms with Crippen molar-refractivity contribution in [3.8, 4) is 0 Å². The minimum absolute atomic E-state index is 0.0378. The zero-order valence-corrected chi connectivity index (χ0v) is 21.1. The van der Waals surface area contributed by atoms with Crippen LogP contribution in [0.15, 0.2) is 0 Å². The highest BCUT2D eigenvalue weighted by Crippen LogP contribution is 2.26. The second kappa shape index (κ2) is 12.9. The van der Waals surface area contributed by atoms with Crippen molar-refractivity contribution < 1.29 is 9.53 Å². The van der Waals surface area contributed by atoms with Gasteiger partial charge in [-0.1, -0.05) is 58.8 Å². The lowest BCUT2D eigenvalue weighted by atomic mass is 10.0. The first-order chi connectivity index (χ1) is 12.8. The number of carbonyl (C=O) groups excluding carboxylic acids is 1. The molecule has 0 aromatic carbocycles. The van der Waals surface area contributed by atoms with Gasteiger partial charge in [-0.3, -0.25) is 14.6 Å². The fraction of sp³-hybridized carbons (Fsp3) is 0.955. The molecular formula is C22H46N2O2Si. The standard InChI is InChI=1S/C22H46N2O2Si/c1-6-8-9-10-11-12-13-14-15-24-17-16-23(20(4)22(24,5)27)18-19(3)21(25)26-7-2/h19-20H,6-18H2,1-5,27H3. The van der Waals surface area contributed by atoms with Crippen LogP contribution in [0.25, 0.3) is 0 Å². The van der Waals surface area contributed by atoms with Gasteiger partial charge in [0.2, 0.25) is 0 Å². The summed E-state index contributed by atoms with van der Waals surface area (Å²) in [6.45, 7) is 15.7. The van der Waals surface area contributed by atoms with Crippen LogP contribution in [0.5, 0.6) is 0 Å². The van der Waals surface area contributed by atoms with Gasteiger partial charge in [0.15, 0.2) is 0 Å². The fourth-order valence-corrected chi connectivity index (χ4v) is 5.05. The summed E-state index contributed by atoms with van der Waals surface area (Å²) >= 11 is 0. The third kappa shape index (κ3) is 8.24. The average Bonchev–Trinajstić information content (AvgIpc) is 2.63. The van der Waals surface area contributed by atoms with Gasteiger partial charge in [0.25, 0.3) is 0 Å². The quantitative estimate of drug-likeness (QED) is 0.270. The van der Waals surface area contributed by atoms with Crippen molar-refractivity contribution in [1.29, 1.82) is 0 Å². The van der Waals surface area contributed by atoms with Crippen LogP contribution < -0.4 is 0 Å². The smallest absolute Gasteiger partial charge is 0.309 e. The Morgan fingerprint density at radius 2 is 1.70 bits per heavy atom. The summed E-state index contributed by atoms with van der Waals surface area (Å²) in [5, 5.41) is 0.285. The summed E-state index contributed by atoms with van der Waals surface area (Å²) in [5.41, 5.74) is 0. The Hall–Kier alpha value is -0.393. The number of ether oxygens (including phenoxy) is 1. The van der Waals surface area contributed by atoms with E-state index in [0.717, 1.165) is 29.9 Å². The molecule has 1 heterocycles. The summed E-state index contributed by atoms with van der Waals surface area (Å²) in [7, 11) is 1.15. The van der Waals surface area contributed by atoms with E-state index in [4.69, 9.17) is 4.74 Å². The first kappa shape index (κ1) is 24.6. The van der Waals surface area contributed by atoms with E-state index in [1.54, 1.807) is 0 Å². The first-order valence-corrected chi connectivity index (χ1v) is 12.5. The Morgan fingerprint density at radius 3 is 2.30 bits per heavy atom. The second-order valence-corrected chi connectivity index (χ2v) is 11.0. The number of hydrogen-bond donors (Lipinski definition) is 0. The van der Waals surface area contributed by atoms with Gasteiger partial charge in [-0.05, 0) is 33.7 Å². The van der Waals surface area contributed by atoms with E-state index >= 15 is 0 Å². The molecule has 27 heavy (non-hydrogen) atoms. The van der Waals surface area contributed by atoms with E-state index in [1.165, 1.54) is 57.9 Å². The Kier molecular flexibility index (Phi) is 11.8. The highest BCUT2D eigenvalue weighted by Gasteiger charge is 2.40. The van der Waals surface area contributed by atoms with Crippen LogP contribution in [0, 0.1) is 5.92 Å². The zero-order chi connectivity index (χ0) is 20.3. The van der Waals surface area contributed by atoms with Crippen molar-refractivity contribution in [2.45, 2.75) is 97.2 Å². The van der Waals surface area contributed by atoms with Crippen LogP contribution in [0.4, 0.5) is 0 Å². The molecule has 1 fully saturated rings. The molecule has 0 spiro atoms. The molecule has 0 aromatic heterocycles. The minimum Gasteiger partial charge on any atom is -0.466 e. The topological polar surface area (TPSA) is 32.8 Å². The molecule has 3 atom stereocenters. The van der Waals surface area contributed by atoms with Crippen molar-refractivity contribution in [2.24, 2.45) is 5.92 Å². The first-order valence-electron chi connectivity index (χ1n) is 11.5. The lowest BCUT2D eigenvalue weighted by Gasteiger charge is -2.53. The lowest BCUT2D eigenvalue weighted by molar-refractivity contribution is -0.148. The third-order valence-electron chi connectivity index (χ3n) is 6.52. The summed E-state index contributed by atoms with van der Waals surface area (Å²) in [4.78, 5) is 17.2. The Morgan fingerprint density at radius 1 is 1.11 bits per heavy atom. The van der Waals surface area contributed by atoms with Crippen molar-refractivity contribution >= 4 is 16.2 Å². The number of carbonyl (C=O) groups is 1. The molecule has 3 unspecified atom stereocenters. The monoisotopic (exact) mass is 398 g/mol. The van der Waals surface area contributed by atoms with Crippen molar-refractivity contribution in [3.63, 3.8) is 0 Å². The van der Waals surface area contributed by atoms with Gasteiger partial charge >= 0.3 is 5.97 Å². The number of rotatable bonds is 13. The minimum atomic E-state index is -0.0545. The van der Waals surface area contributed by atoms with Crippen LogP contribution in [0.3, 0.4) is 0 Å². The molecule has 1 saturated heterocycles. The lowest BCUT2D eigenvalue weighted by Crippen LogP contribution is -2.66. The molecule has 0 saturated carbocycles. The molecule has 0 N–H and O–H groups in total. The molecule has 1 aliphatic heterocycles. The predicted octanol–water partition coefficient (Wildman–Crippen LogP) is 3.41. The molecule has 0 radical (unpaired) electrons. The Bertz CT molecular complexity index is 417. The molecule has 1 aliphatic rings. The Balaban J connectivity index is 2.35. The van der Waals surface area contributed by atoms with Gasteiger partial charge in [-0.15, -0.1) is 0 Å². The summed E-state index contributed by atoms with van der Waals surface area (Å²) < 4.78 is 5.19. The maximum Gasteiger partial charge on any atom is 0.309 e. The fourth-order valence-electron chi connectivity index (χ4n) is 4.24. The maximum absolute atomic E-state index is 12.0. The van der Waals surface area contributed by atoms with Crippen molar-refractivity contribution in [3.05, 3.63) is 0 Å². The number of nitrogens with zero attached hydrogens (tertiary/aromatic N) is 2. The SMILES string of the molecule is CCCCCCCCCCN1CCN(CC(C)C(=O)OCC)C(C)C1(C)[SiH3]. The van der Waals surface area contributed by atoms with Crippen LogP contribution >= 0.6 is 0 Å². The maximum atomic E-state index is 12.0. The predicted molar refractivity (Wildman–Crippen MR) is 119 cm³/mol. The molecular weight excluding hydrogens is 352 g/mol. The van der Waals surface area contributed by atoms with E-state index in [-0.39, 0.29) is 17.0 Å². The van der Waals surface area contributed by atoms with E-state index in [1.807, 2.05) is 13.8 Å². The third-order valence-corrected chi connectivity index (χ3v) is 7.99. The van der Waals surface area contributed by atoms with Crippen LogP contribution in [-0.2, 0) is 9.53 Å². The van der Waals surface area contributed by atoms with Crippen molar-refractivity contribution in [1.82, 2.24) is 9.80 Å².